The number of aryl methyl sites for hydroxylation is 2. The van der Waals surface area contributed by atoms with E-state index in [0.717, 1.165) is 11.4 Å². The van der Waals surface area contributed by atoms with Crippen LogP contribution in [0.15, 0.2) is 164 Å². The van der Waals surface area contributed by atoms with Gasteiger partial charge in [-0.25, -0.2) is 0 Å². The second-order valence-electron chi connectivity index (χ2n) is 13.4. The molecule has 226 valence electrons. The predicted molar refractivity (Wildman–Crippen MR) is 202 cm³/mol. The van der Waals surface area contributed by atoms with Gasteiger partial charge in [0.25, 0.3) is 0 Å². The first-order chi connectivity index (χ1) is 23.6. The minimum atomic E-state index is -0.391. The zero-order valence-electron chi connectivity index (χ0n) is 27.0. The van der Waals surface area contributed by atoms with E-state index in [0.29, 0.717) is 0 Å². The van der Waals surface area contributed by atoms with Gasteiger partial charge in [-0.05, 0) is 133 Å². The van der Waals surface area contributed by atoms with E-state index in [1.165, 1.54) is 82.9 Å². The van der Waals surface area contributed by atoms with Crippen molar-refractivity contribution in [2.75, 3.05) is 4.90 Å². The molecule has 1 nitrogen and oxygen atoms in total. The highest BCUT2D eigenvalue weighted by Gasteiger charge is 2.52. The Morgan fingerprint density at radius 3 is 1.90 bits per heavy atom. The van der Waals surface area contributed by atoms with Crippen LogP contribution >= 0.6 is 0 Å². The lowest BCUT2D eigenvalue weighted by atomic mass is 9.70. The molecule has 0 fully saturated rings. The topological polar surface area (TPSA) is 3.24 Å². The first-order valence-corrected chi connectivity index (χ1v) is 16.9. The largest absolute Gasteiger partial charge is 0.310 e. The molecule has 0 bridgehead atoms. The molecule has 8 aromatic carbocycles. The van der Waals surface area contributed by atoms with Crippen molar-refractivity contribution in [1.82, 2.24) is 0 Å². The number of anilines is 3. The first-order valence-electron chi connectivity index (χ1n) is 16.9. The van der Waals surface area contributed by atoms with E-state index in [2.05, 4.69) is 183 Å². The molecule has 1 heteroatoms. The molecule has 0 unspecified atom stereocenters. The van der Waals surface area contributed by atoms with E-state index in [9.17, 15) is 0 Å². The van der Waals surface area contributed by atoms with Gasteiger partial charge < -0.3 is 4.90 Å². The number of benzene rings is 8. The van der Waals surface area contributed by atoms with Crippen LogP contribution in [-0.4, -0.2) is 0 Å². The Bertz CT molecular complexity index is 2550. The molecule has 2 aliphatic carbocycles. The lowest BCUT2D eigenvalue weighted by Crippen LogP contribution is -2.25. The van der Waals surface area contributed by atoms with Crippen LogP contribution in [0.1, 0.15) is 33.4 Å². The fourth-order valence-electron chi connectivity index (χ4n) is 8.74. The minimum Gasteiger partial charge on any atom is -0.310 e. The highest BCUT2D eigenvalue weighted by molar-refractivity contribution is 6.09. The second-order valence-corrected chi connectivity index (χ2v) is 13.4. The summed E-state index contributed by atoms with van der Waals surface area (Å²) in [7, 11) is 0. The lowest BCUT2D eigenvalue weighted by Gasteiger charge is -2.31. The van der Waals surface area contributed by atoms with Crippen molar-refractivity contribution in [3.8, 4) is 22.3 Å². The summed E-state index contributed by atoms with van der Waals surface area (Å²) in [5.74, 6) is 0. The number of hydrogen-bond donors (Lipinski definition) is 0. The van der Waals surface area contributed by atoms with Gasteiger partial charge in [0.1, 0.15) is 0 Å². The van der Waals surface area contributed by atoms with Crippen LogP contribution in [0.4, 0.5) is 17.1 Å². The Morgan fingerprint density at radius 1 is 0.417 bits per heavy atom. The Morgan fingerprint density at radius 2 is 1.10 bits per heavy atom. The van der Waals surface area contributed by atoms with Gasteiger partial charge in [0.15, 0.2) is 0 Å². The smallest absolute Gasteiger partial charge is 0.0725 e. The van der Waals surface area contributed by atoms with Gasteiger partial charge in [0.05, 0.1) is 5.41 Å². The molecular weight excluding hydrogens is 579 g/mol. The van der Waals surface area contributed by atoms with Gasteiger partial charge in [-0.2, -0.15) is 0 Å². The van der Waals surface area contributed by atoms with Crippen molar-refractivity contribution in [3.05, 3.63) is 197 Å². The Kier molecular flexibility index (Phi) is 5.69. The van der Waals surface area contributed by atoms with Crippen molar-refractivity contribution in [3.63, 3.8) is 0 Å². The van der Waals surface area contributed by atoms with Gasteiger partial charge in [0, 0.05) is 17.1 Å². The maximum Gasteiger partial charge on any atom is 0.0725 e. The molecule has 0 saturated carbocycles. The molecule has 0 radical (unpaired) electrons. The van der Waals surface area contributed by atoms with Crippen LogP contribution in [0, 0.1) is 13.8 Å². The van der Waals surface area contributed by atoms with Crippen LogP contribution < -0.4 is 4.90 Å². The molecule has 0 amide bonds. The van der Waals surface area contributed by atoms with Crippen LogP contribution in [0.25, 0.3) is 43.8 Å². The highest BCUT2D eigenvalue weighted by atomic mass is 15.1. The van der Waals surface area contributed by atoms with Crippen LogP contribution in [-0.2, 0) is 5.41 Å². The molecular formula is C47H33N. The number of rotatable bonds is 3. The van der Waals surface area contributed by atoms with Crippen LogP contribution in [0.5, 0.6) is 0 Å². The van der Waals surface area contributed by atoms with E-state index in [1.54, 1.807) is 0 Å². The highest BCUT2D eigenvalue weighted by Crippen LogP contribution is 2.64. The number of nitrogens with zero attached hydrogens (tertiary/aromatic N) is 1. The monoisotopic (exact) mass is 611 g/mol. The van der Waals surface area contributed by atoms with Crippen molar-refractivity contribution in [2.24, 2.45) is 0 Å². The Balaban J connectivity index is 1.29. The van der Waals surface area contributed by atoms with Crippen molar-refractivity contribution in [1.29, 1.82) is 0 Å². The molecule has 0 saturated heterocycles. The van der Waals surface area contributed by atoms with E-state index in [1.807, 2.05) is 0 Å². The zero-order valence-corrected chi connectivity index (χ0v) is 27.0. The molecule has 2 aliphatic rings. The lowest BCUT2D eigenvalue weighted by molar-refractivity contribution is 0.795. The molecule has 1 spiro atoms. The standard InChI is InChI=1S/C47H33N/c1-30-20-21-31(2)45(26-30)48(35-13-4-3-5-14-35)36-24-22-33-28-40-44(29-34(33)27-36)47(43-25-23-32-12-6-7-15-37(32)46(40)43)41-18-10-8-16-38(41)39-17-9-11-19-42(39)47/h3-29H,1-2H3. The average Bonchev–Trinajstić information content (AvgIpc) is 3.59. The average molecular weight is 612 g/mol. The zero-order chi connectivity index (χ0) is 32.0. The summed E-state index contributed by atoms with van der Waals surface area (Å²) in [4.78, 5) is 2.41. The third-order valence-electron chi connectivity index (χ3n) is 10.8. The summed E-state index contributed by atoms with van der Waals surface area (Å²) in [6.07, 6.45) is 0. The van der Waals surface area contributed by atoms with Crippen LogP contribution in [0.3, 0.4) is 0 Å². The summed E-state index contributed by atoms with van der Waals surface area (Å²) < 4.78 is 0. The van der Waals surface area contributed by atoms with Gasteiger partial charge >= 0.3 is 0 Å². The molecule has 8 aromatic rings. The fourth-order valence-corrected chi connectivity index (χ4v) is 8.74. The van der Waals surface area contributed by atoms with E-state index in [4.69, 9.17) is 0 Å². The molecule has 0 aromatic heterocycles. The second kappa shape index (κ2) is 10.0. The fraction of sp³-hybridized carbons (Fsp3) is 0.0638. The van der Waals surface area contributed by atoms with E-state index < -0.39 is 5.41 Å². The summed E-state index contributed by atoms with van der Waals surface area (Å²) in [5.41, 5.74) is 16.5. The van der Waals surface area contributed by atoms with Crippen molar-refractivity contribution < 1.29 is 0 Å². The normalized spacial score (nSPS) is 13.4. The molecule has 10 rings (SSSR count). The van der Waals surface area contributed by atoms with Crippen LogP contribution in [0.2, 0.25) is 0 Å². The van der Waals surface area contributed by atoms with E-state index in [-0.39, 0.29) is 0 Å². The Hall–Kier alpha value is -5.92. The Labute approximate surface area is 281 Å². The molecule has 0 aliphatic heterocycles. The van der Waals surface area contributed by atoms with Crippen molar-refractivity contribution >= 4 is 38.6 Å². The summed E-state index contributed by atoms with van der Waals surface area (Å²) in [5, 5.41) is 5.09. The van der Waals surface area contributed by atoms with Gasteiger partial charge in [0.2, 0.25) is 0 Å². The molecule has 0 heterocycles. The third-order valence-corrected chi connectivity index (χ3v) is 10.8. The molecule has 0 atom stereocenters. The quantitative estimate of drug-likeness (QED) is 0.192. The van der Waals surface area contributed by atoms with Gasteiger partial charge in [-0.15, -0.1) is 0 Å². The summed E-state index contributed by atoms with van der Waals surface area (Å²) >= 11 is 0. The minimum absolute atomic E-state index is 0.391. The number of hydrogen-bond acceptors (Lipinski definition) is 1. The third kappa shape index (κ3) is 3.62. The van der Waals surface area contributed by atoms with E-state index >= 15 is 0 Å². The predicted octanol–water partition coefficient (Wildman–Crippen LogP) is 12.4. The maximum absolute atomic E-state index is 2.51. The SMILES string of the molecule is Cc1ccc(C)c(N(c2ccccc2)c2ccc3cc4c(cc3c2)C2(c3ccccc3-c3ccccc32)c2ccc3ccccc3c2-4)c1. The maximum atomic E-state index is 2.51. The van der Waals surface area contributed by atoms with Crippen molar-refractivity contribution in [2.45, 2.75) is 19.3 Å². The molecule has 0 N–H and O–H groups in total. The molecule has 48 heavy (non-hydrogen) atoms. The first kappa shape index (κ1) is 27.2. The van der Waals surface area contributed by atoms with Gasteiger partial charge in [-0.1, -0.05) is 121 Å². The number of para-hydroxylation sites is 1. The van der Waals surface area contributed by atoms with Gasteiger partial charge in [-0.3, -0.25) is 0 Å². The summed E-state index contributed by atoms with van der Waals surface area (Å²) in [6.45, 7) is 4.38. The summed E-state index contributed by atoms with van der Waals surface area (Å²) in [6, 6.07) is 61.2. The number of fused-ring (bicyclic) bond motifs is 13.